The molecule has 4 heteroatoms. The van der Waals surface area contributed by atoms with E-state index in [-0.39, 0.29) is 5.75 Å². The Hall–Kier alpha value is -3.24. The summed E-state index contributed by atoms with van der Waals surface area (Å²) in [7, 11) is 1.46. The zero-order valence-corrected chi connectivity index (χ0v) is 11.4. The lowest BCUT2D eigenvalue weighted by Crippen LogP contribution is -1.86. The molecule has 0 bridgehead atoms. The third-order valence-corrected chi connectivity index (χ3v) is 2.94. The van der Waals surface area contributed by atoms with Gasteiger partial charge in [-0.3, -0.25) is 0 Å². The van der Waals surface area contributed by atoms with Crippen LogP contribution in [0.2, 0.25) is 0 Å². The number of phenols is 1. The van der Waals surface area contributed by atoms with Gasteiger partial charge in [0.2, 0.25) is 0 Å². The summed E-state index contributed by atoms with van der Waals surface area (Å²) in [6.45, 7) is 0. The van der Waals surface area contributed by atoms with Gasteiger partial charge in [0, 0.05) is 0 Å². The van der Waals surface area contributed by atoms with Gasteiger partial charge in [-0.1, -0.05) is 18.2 Å². The number of hydrogen-bond acceptors (Lipinski definition) is 4. The molecule has 2 aromatic rings. The van der Waals surface area contributed by atoms with Gasteiger partial charge in [-0.2, -0.15) is 10.5 Å². The van der Waals surface area contributed by atoms with Crippen molar-refractivity contribution in [2.24, 2.45) is 0 Å². The van der Waals surface area contributed by atoms with Crippen molar-refractivity contribution in [1.82, 2.24) is 0 Å². The van der Waals surface area contributed by atoms with Crippen molar-refractivity contribution in [3.05, 3.63) is 59.2 Å². The Kier molecular flexibility index (Phi) is 4.23. The molecule has 0 radical (unpaired) electrons. The molecular formula is C17H12N2O2. The van der Waals surface area contributed by atoms with Crippen LogP contribution in [0.4, 0.5) is 0 Å². The lowest BCUT2D eigenvalue weighted by molar-refractivity contribution is 0.373. The van der Waals surface area contributed by atoms with Crippen LogP contribution >= 0.6 is 0 Å². The van der Waals surface area contributed by atoms with E-state index in [1.165, 1.54) is 13.2 Å². The minimum Gasteiger partial charge on any atom is -0.504 e. The minimum atomic E-state index is 0.0413. The molecule has 21 heavy (non-hydrogen) atoms. The van der Waals surface area contributed by atoms with Crippen LogP contribution in [0.5, 0.6) is 11.5 Å². The summed E-state index contributed by atoms with van der Waals surface area (Å²) in [5.74, 6) is 0.381. The quantitative estimate of drug-likeness (QED) is 0.689. The normalized spacial score (nSPS) is 10.5. The maximum Gasteiger partial charge on any atom is 0.161 e. The maximum absolute atomic E-state index is 9.56. The van der Waals surface area contributed by atoms with E-state index in [1.807, 2.05) is 6.07 Å². The zero-order valence-electron chi connectivity index (χ0n) is 11.4. The van der Waals surface area contributed by atoms with Crippen LogP contribution < -0.4 is 4.74 Å². The number of allylic oxidation sites excluding steroid dienone is 1. The summed E-state index contributed by atoms with van der Waals surface area (Å²) in [6, 6.07) is 15.8. The molecule has 0 spiro atoms. The molecule has 2 aromatic carbocycles. The Balaban J connectivity index is 2.46. The Bertz CT molecular complexity index is 780. The maximum atomic E-state index is 9.56. The second-order valence-electron chi connectivity index (χ2n) is 4.29. The van der Waals surface area contributed by atoms with Crippen molar-refractivity contribution in [2.45, 2.75) is 0 Å². The third kappa shape index (κ3) is 3.20. The Morgan fingerprint density at radius 1 is 1.19 bits per heavy atom. The molecule has 0 saturated carbocycles. The van der Waals surface area contributed by atoms with Crippen LogP contribution in [0, 0.1) is 22.7 Å². The first-order chi connectivity index (χ1) is 10.2. The fourth-order valence-corrected chi connectivity index (χ4v) is 1.89. The molecule has 0 aliphatic carbocycles. The average molecular weight is 276 g/mol. The highest BCUT2D eigenvalue weighted by Gasteiger charge is 2.05. The summed E-state index contributed by atoms with van der Waals surface area (Å²) in [6.07, 6.45) is 1.68. The van der Waals surface area contributed by atoms with E-state index in [0.29, 0.717) is 22.4 Å². The number of hydrogen-bond donors (Lipinski definition) is 1. The van der Waals surface area contributed by atoms with Crippen molar-refractivity contribution < 1.29 is 9.84 Å². The van der Waals surface area contributed by atoms with Gasteiger partial charge in [-0.05, 0) is 41.5 Å². The summed E-state index contributed by atoms with van der Waals surface area (Å²) < 4.78 is 5.04. The van der Waals surface area contributed by atoms with Gasteiger partial charge in [0.1, 0.15) is 0 Å². The first kappa shape index (κ1) is 14.2. The Morgan fingerprint density at radius 2 is 2.00 bits per heavy atom. The number of phenolic OH excluding ortho intramolecular Hbond substituents is 1. The Morgan fingerprint density at radius 3 is 2.67 bits per heavy atom. The van der Waals surface area contributed by atoms with Gasteiger partial charge in [0.05, 0.1) is 30.4 Å². The number of aromatic hydroxyl groups is 1. The molecule has 1 N–H and O–H groups in total. The monoisotopic (exact) mass is 276 g/mol. The highest BCUT2D eigenvalue weighted by atomic mass is 16.5. The lowest BCUT2D eigenvalue weighted by atomic mass is 10.0. The van der Waals surface area contributed by atoms with Crippen molar-refractivity contribution in [3.8, 4) is 23.6 Å². The van der Waals surface area contributed by atoms with Crippen molar-refractivity contribution in [3.63, 3.8) is 0 Å². The van der Waals surface area contributed by atoms with Crippen LogP contribution in [0.3, 0.4) is 0 Å². The van der Waals surface area contributed by atoms with Gasteiger partial charge in [0.25, 0.3) is 0 Å². The van der Waals surface area contributed by atoms with Crippen LogP contribution in [-0.4, -0.2) is 12.2 Å². The number of nitriles is 2. The van der Waals surface area contributed by atoms with E-state index in [1.54, 1.807) is 42.5 Å². The first-order valence-electron chi connectivity index (χ1n) is 6.17. The van der Waals surface area contributed by atoms with Crippen LogP contribution in [0.1, 0.15) is 16.7 Å². The number of ether oxygens (including phenoxy) is 1. The molecule has 0 aromatic heterocycles. The summed E-state index contributed by atoms with van der Waals surface area (Å²) in [4.78, 5) is 0. The van der Waals surface area contributed by atoms with E-state index < -0.39 is 0 Å². The summed E-state index contributed by atoms with van der Waals surface area (Å²) in [5.41, 5.74) is 2.32. The predicted octanol–water partition coefficient (Wildman–Crippen LogP) is 3.34. The predicted molar refractivity (Wildman–Crippen MR) is 79.3 cm³/mol. The molecule has 2 rings (SSSR count). The largest absolute Gasteiger partial charge is 0.504 e. The average Bonchev–Trinajstić information content (AvgIpc) is 2.54. The zero-order chi connectivity index (χ0) is 15.2. The number of nitrogens with zero attached hydrogens (tertiary/aromatic N) is 2. The number of methoxy groups -OCH3 is 1. The lowest BCUT2D eigenvalue weighted by Gasteiger charge is -2.05. The molecule has 0 fully saturated rings. The molecule has 102 valence electrons. The molecule has 0 saturated heterocycles. The van der Waals surface area contributed by atoms with Gasteiger partial charge in [0.15, 0.2) is 11.5 Å². The highest BCUT2D eigenvalue weighted by Crippen LogP contribution is 2.28. The van der Waals surface area contributed by atoms with Gasteiger partial charge >= 0.3 is 0 Å². The first-order valence-corrected chi connectivity index (χ1v) is 6.17. The van der Waals surface area contributed by atoms with Gasteiger partial charge in [-0.25, -0.2) is 0 Å². The molecule has 4 nitrogen and oxygen atoms in total. The molecule has 0 aliphatic heterocycles. The van der Waals surface area contributed by atoms with Crippen molar-refractivity contribution in [1.29, 1.82) is 10.5 Å². The molecule has 0 aliphatic rings. The fourth-order valence-electron chi connectivity index (χ4n) is 1.89. The topological polar surface area (TPSA) is 77.0 Å². The van der Waals surface area contributed by atoms with E-state index in [2.05, 4.69) is 6.07 Å². The van der Waals surface area contributed by atoms with E-state index in [0.717, 1.165) is 5.56 Å². The molecule has 0 heterocycles. The second-order valence-corrected chi connectivity index (χ2v) is 4.29. The van der Waals surface area contributed by atoms with Crippen LogP contribution in [-0.2, 0) is 0 Å². The summed E-state index contributed by atoms with van der Waals surface area (Å²) >= 11 is 0. The standard InChI is InChI=1S/C17H12N2O2/c1-21-17-9-12(5-6-16(17)20)7-15(11-19)14-4-2-3-13(8-14)10-18/h2-9,20H,1H3. The highest BCUT2D eigenvalue weighted by molar-refractivity contribution is 5.90. The van der Waals surface area contributed by atoms with Crippen LogP contribution in [0.25, 0.3) is 11.6 Å². The third-order valence-electron chi connectivity index (χ3n) is 2.94. The SMILES string of the molecule is COc1cc(C=C(C#N)c2cccc(C#N)c2)ccc1O. The van der Waals surface area contributed by atoms with Crippen molar-refractivity contribution in [2.75, 3.05) is 7.11 Å². The number of benzene rings is 2. The van der Waals surface area contributed by atoms with E-state index in [4.69, 9.17) is 10.00 Å². The second kappa shape index (κ2) is 6.27. The summed E-state index contributed by atoms with van der Waals surface area (Å²) in [5, 5.41) is 27.8. The number of rotatable bonds is 3. The van der Waals surface area contributed by atoms with Gasteiger partial charge < -0.3 is 9.84 Å². The van der Waals surface area contributed by atoms with E-state index in [9.17, 15) is 10.4 Å². The minimum absolute atomic E-state index is 0.0413. The molecule has 0 amide bonds. The van der Waals surface area contributed by atoms with Crippen molar-refractivity contribution >= 4 is 11.6 Å². The molecular weight excluding hydrogens is 264 g/mol. The van der Waals surface area contributed by atoms with Crippen LogP contribution in [0.15, 0.2) is 42.5 Å². The van der Waals surface area contributed by atoms with Gasteiger partial charge in [-0.15, -0.1) is 0 Å². The Labute approximate surface area is 122 Å². The fraction of sp³-hybridized carbons (Fsp3) is 0.0588. The van der Waals surface area contributed by atoms with E-state index >= 15 is 0 Å². The molecule has 0 atom stereocenters. The smallest absolute Gasteiger partial charge is 0.161 e. The molecule has 0 unspecified atom stereocenters.